The van der Waals surface area contributed by atoms with E-state index in [1.54, 1.807) is 0 Å². The first-order valence-electron chi connectivity index (χ1n) is 19.4. The molecule has 0 aliphatic carbocycles. The molecule has 11 aromatic rings. The van der Waals surface area contributed by atoms with Crippen molar-refractivity contribution in [2.24, 2.45) is 0 Å². The lowest BCUT2D eigenvalue weighted by Gasteiger charge is -2.29. The van der Waals surface area contributed by atoms with Crippen LogP contribution in [0.5, 0.6) is 0 Å². The van der Waals surface area contributed by atoms with E-state index in [1.807, 2.05) is 0 Å². The van der Waals surface area contributed by atoms with Gasteiger partial charge in [0.15, 0.2) is 0 Å². The van der Waals surface area contributed by atoms with Crippen molar-refractivity contribution in [2.75, 3.05) is 4.90 Å². The van der Waals surface area contributed by atoms with E-state index in [1.165, 1.54) is 27.4 Å². The molecule has 2 aromatic heterocycles. The maximum absolute atomic E-state index is 6.87. The van der Waals surface area contributed by atoms with Gasteiger partial charge >= 0.3 is 0 Å². The van der Waals surface area contributed by atoms with Gasteiger partial charge in [0.25, 0.3) is 0 Å². The molecule has 0 fully saturated rings. The molecule has 0 N–H and O–H groups in total. The number of hydrogen-bond donors (Lipinski definition) is 0. The molecule has 268 valence electrons. The molecule has 0 bridgehead atoms. The van der Waals surface area contributed by atoms with Crippen molar-refractivity contribution in [3.05, 3.63) is 218 Å². The van der Waals surface area contributed by atoms with Crippen molar-refractivity contribution < 1.29 is 4.42 Å². The van der Waals surface area contributed by atoms with Crippen LogP contribution in [-0.4, -0.2) is 4.57 Å². The van der Waals surface area contributed by atoms with Crippen molar-refractivity contribution in [3.8, 4) is 39.1 Å². The Bertz CT molecular complexity index is 3190. The van der Waals surface area contributed by atoms with Gasteiger partial charge in [0, 0.05) is 49.6 Å². The molecule has 0 saturated heterocycles. The third-order valence-electron chi connectivity index (χ3n) is 11.2. The van der Waals surface area contributed by atoms with Crippen molar-refractivity contribution in [1.29, 1.82) is 0 Å². The monoisotopic (exact) mass is 728 g/mol. The molecule has 2 heterocycles. The van der Waals surface area contributed by atoms with Gasteiger partial charge in [-0.1, -0.05) is 164 Å². The highest BCUT2D eigenvalue weighted by Gasteiger charge is 2.24. The molecule has 3 nitrogen and oxygen atoms in total. The number of rotatable bonds is 7. The molecule has 0 saturated carbocycles. The summed E-state index contributed by atoms with van der Waals surface area (Å²) in [4.78, 5) is 2.42. The van der Waals surface area contributed by atoms with Crippen LogP contribution in [0.15, 0.2) is 223 Å². The minimum atomic E-state index is 0.863. The minimum Gasteiger partial charge on any atom is -0.455 e. The van der Waals surface area contributed by atoms with Crippen molar-refractivity contribution in [1.82, 2.24) is 4.57 Å². The van der Waals surface area contributed by atoms with Gasteiger partial charge in [-0.05, 0) is 71.3 Å². The van der Waals surface area contributed by atoms with E-state index in [9.17, 15) is 0 Å². The molecule has 0 radical (unpaired) electrons. The molecule has 0 aliphatic rings. The fourth-order valence-electron chi connectivity index (χ4n) is 8.63. The summed E-state index contributed by atoms with van der Waals surface area (Å²) in [5.41, 5.74) is 15.1. The summed E-state index contributed by atoms with van der Waals surface area (Å²) in [6, 6.07) is 78.1. The summed E-state index contributed by atoms with van der Waals surface area (Å²) >= 11 is 0. The van der Waals surface area contributed by atoms with Crippen LogP contribution in [0, 0.1) is 0 Å². The quantitative estimate of drug-likeness (QED) is 0.163. The van der Waals surface area contributed by atoms with Crippen LogP contribution in [0.25, 0.3) is 82.8 Å². The fraction of sp³-hybridized carbons (Fsp3) is 0. The number of para-hydroxylation sites is 5. The second-order valence-electron chi connectivity index (χ2n) is 14.5. The van der Waals surface area contributed by atoms with E-state index in [0.29, 0.717) is 0 Å². The first kappa shape index (κ1) is 32.8. The number of nitrogens with zero attached hydrogens (tertiary/aromatic N) is 2. The van der Waals surface area contributed by atoms with Crippen LogP contribution in [-0.2, 0) is 0 Å². The Morgan fingerprint density at radius 3 is 1.68 bits per heavy atom. The van der Waals surface area contributed by atoms with Crippen LogP contribution >= 0.6 is 0 Å². The lowest BCUT2D eigenvalue weighted by molar-refractivity contribution is 0.670. The second-order valence-corrected chi connectivity index (χ2v) is 14.5. The number of hydrogen-bond acceptors (Lipinski definition) is 2. The van der Waals surface area contributed by atoms with Gasteiger partial charge in [0.2, 0.25) is 0 Å². The summed E-state index contributed by atoms with van der Waals surface area (Å²) < 4.78 is 9.28. The molecule has 3 heteroatoms. The molecule has 0 unspecified atom stereocenters. The molecule has 57 heavy (non-hydrogen) atoms. The molecule has 0 spiro atoms. The van der Waals surface area contributed by atoms with Gasteiger partial charge in [0.1, 0.15) is 11.2 Å². The fourth-order valence-corrected chi connectivity index (χ4v) is 8.63. The smallest absolute Gasteiger partial charge is 0.143 e. The number of benzene rings is 9. The highest BCUT2D eigenvalue weighted by atomic mass is 16.3. The Morgan fingerprint density at radius 2 is 0.930 bits per heavy atom. The lowest BCUT2D eigenvalue weighted by Crippen LogP contribution is -2.11. The largest absolute Gasteiger partial charge is 0.455 e. The maximum atomic E-state index is 6.87. The summed E-state index contributed by atoms with van der Waals surface area (Å²) in [6.45, 7) is 0. The zero-order valence-electron chi connectivity index (χ0n) is 31.1. The summed E-state index contributed by atoms with van der Waals surface area (Å²) in [7, 11) is 0. The molecule has 0 aliphatic heterocycles. The summed E-state index contributed by atoms with van der Waals surface area (Å²) in [5, 5.41) is 4.61. The number of anilines is 3. The summed E-state index contributed by atoms with van der Waals surface area (Å²) in [6.07, 6.45) is 0. The average Bonchev–Trinajstić information content (AvgIpc) is 3.83. The van der Waals surface area contributed by atoms with E-state index in [-0.39, 0.29) is 0 Å². The maximum Gasteiger partial charge on any atom is 0.143 e. The third-order valence-corrected chi connectivity index (χ3v) is 11.2. The molecule has 0 amide bonds. The Balaban J connectivity index is 1.23. The van der Waals surface area contributed by atoms with E-state index in [0.717, 1.165) is 72.5 Å². The van der Waals surface area contributed by atoms with E-state index in [2.05, 4.69) is 228 Å². The Morgan fingerprint density at radius 1 is 0.351 bits per heavy atom. The highest BCUT2D eigenvalue weighted by Crippen LogP contribution is 2.47. The molecular formula is C54H36N2O. The lowest BCUT2D eigenvalue weighted by atomic mass is 9.97. The molecule has 11 rings (SSSR count). The zero-order valence-corrected chi connectivity index (χ0v) is 31.1. The van der Waals surface area contributed by atoms with Crippen molar-refractivity contribution in [2.45, 2.75) is 0 Å². The van der Waals surface area contributed by atoms with Gasteiger partial charge in [-0.3, -0.25) is 0 Å². The number of furan rings is 1. The van der Waals surface area contributed by atoms with Crippen LogP contribution in [0.2, 0.25) is 0 Å². The van der Waals surface area contributed by atoms with Crippen molar-refractivity contribution in [3.63, 3.8) is 0 Å². The van der Waals surface area contributed by atoms with Gasteiger partial charge in [-0.15, -0.1) is 0 Å². The Kier molecular flexibility index (Phi) is 7.82. The third kappa shape index (κ3) is 5.51. The number of fused-ring (bicyclic) bond motifs is 6. The van der Waals surface area contributed by atoms with Gasteiger partial charge in [-0.2, -0.15) is 0 Å². The molecular weight excluding hydrogens is 693 g/mol. The van der Waals surface area contributed by atoms with Crippen LogP contribution in [0.3, 0.4) is 0 Å². The second kappa shape index (κ2) is 13.6. The van der Waals surface area contributed by atoms with E-state index >= 15 is 0 Å². The van der Waals surface area contributed by atoms with Crippen LogP contribution < -0.4 is 4.90 Å². The average molecular weight is 729 g/mol. The predicted molar refractivity (Wildman–Crippen MR) is 239 cm³/mol. The predicted octanol–water partition coefficient (Wildman–Crippen LogP) is 15.2. The van der Waals surface area contributed by atoms with Crippen LogP contribution in [0.4, 0.5) is 17.1 Å². The van der Waals surface area contributed by atoms with Gasteiger partial charge in [0.05, 0.1) is 22.4 Å². The topological polar surface area (TPSA) is 21.3 Å². The number of aromatic nitrogens is 1. The Labute approximate surface area is 330 Å². The minimum absolute atomic E-state index is 0.863. The zero-order chi connectivity index (χ0) is 37.7. The van der Waals surface area contributed by atoms with Gasteiger partial charge in [-0.25, -0.2) is 0 Å². The standard InChI is InChI=1S/C54H36N2O/c1-3-18-37(19-4-1)39-22-17-23-40(34-39)55(49-29-12-7-24-42(49)38-20-5-2-6-21-38)41-35-47(54-48(36-41)46-28-11-16-33-53(46)57-54)45-27-10-15-32-52(45)56-50-30-13-8-25-43(50)44-26-9-14-31-51(44)56/h1-36H. The first-order chi connectivity index (χ1) is 28.3. The molecule has 0 atom stereocenters. The highest BCUT2D eigenvalue weighted by molar-refractivity contribution is 6.14. The van der Waals surface area contributed by atoms with E-state index < -0.39 is 0 Å². The first-order valence-corrected chi connectivity index (χ1v) is 19.4. The SMILES string of the molecule is c1ccc(-c2cccc(N(c3cc(-c4ccccc4-n4c5ccccc5c5ccccc54)c4oc5ccccc5c4c3)c3ccccc3-c3ccccc3)c2)cc1. The normalized spacial score (nSPS) is 11.5. The summed E-state index contributed by atoms with van der Waals surface area (Å²) in [5.74, 6) is 0. The van der Waals surface area contributed by atoms with Gasteiger partial charge < -0.3 is 13.9 Å². The molecule has 9 aromatic carbocycles. The van der Waals surface area contributed by atoms with Crippen molar-refractivity contribution >= 4 is 60.8 Å². The van der Waals surface area contributed by atoms with Crippen LogP contribution in [0.1, 0.15) is 0 Å². The van der Waals surface area contributed by atoms with E-state index in [4.69, 9.17) is 4.42 Å². The Hall–Kier alpha value is -7.62.